The summed E-state index contributed by atoms with van der Waals surface area (Å²) >= 11 is 1.32. The Hall–Kier alpha value is -1.69. The maximum Gasteiger partial charge on any atom is 0.263 e. The Balaban J connectivity index is 1.97. The van der Waals surface area contributed by atoms with Gasteiger partial charge in [0.25, 0.3) is 5.91 Å². The Labute approximate surface area is 121 Å². The predicted octanol–water partition coefficient (Wildman–Crippen LogP) is 2.42. The van der Waals surface area contributed by atoms with Crippen molar-refractivity contribution in [1.82, 2.24) is 15.5 Å². The summed E-state index contributed by atoms with van der Waals surface area (Å²) in [6.07, 6.45) is 2.40. The number of thiophene rings is 1. The van der Waals surface area contributed by atoms with E-state index in [4.69, 9.17) is 5.73 Å². The van der Waals surface area contributed by atoms with Crippen molar-refractivity contribution in [2.75, 3.05) is 5.73 Å². The molecule has 20 heavy (non-hydrogen) atoms. The van der Waals surface area contributed by atoms with Crippen molar-refractivity contribution >= 4 is 33.1 Å². The Bertz CT molecular complexity index is 690. The molecule has 1 amide bonds. The summed E-state index contributed by atoms with van der Waals surface area (Å²) in [5, 5.41) is 12.1. The zero-order valence-corrected chi connectivity index (χ0v) is 12.7. The van der Waals surface area contributed by atoms with E-state index in [9.17, 15) is 4.79 Å². The zero-order valence-electron chi connectivity index (χ0n) is 11.9. The van der Waals surface area contributed by atoms with Crippen LogP contribution in [0.25, 0.3) is 10.2 Å². The van der Waals surface area contributed by atoms with Crippen molar-refractivity contribution in [3.63, 3.8) is 0 Å². The first-order chi connectivity index (χ1) is 9.49. The number of hydrogen-bond donors (Lipinski definition) is 2. The fraction of sp³-hybridized carbons (Fsp3) is 0.500. The van der Waals surface area contributed by atoms with Crippen molar-refractivity contribution in [1.29, 1.82) is 0 Å². The molecule has 2 aromatic heterocycles. The Morgan fingerprint density at radius 1 is 1.40 bits per heavy atom. The topological polar surface area (TPSA) is 80.9 Å². The molecule has 1 unspecified atom stereocenters. The van der Waals surface area contributed by atoms with E-state index in [1.807, 2.05) is 20.8 Å². The van der Waals surface area contributed by atoms with E-state index in [1.54, 1.807) is 0 Å². The maximum atomic E-state index is 12.3. The Morgan fingerprint density at radius 3 is 2.75 bits per heavy atom. The van der Waals surface area contributed by atoms with Crippen molar-refractivity contribution in [2.24, 2.45) is 5.92 Å². The number of anilines is 1. The molecule has 0 aliphatic heterocycles. The second kappa shape index (κ2) is 4.70. The first kappa shape index (κ1) is 13.3. The molecule has 0 radical (unpaired) electrons. The molecule has 6 heteroatoms. The molecule has 0 aromatic carbocycles. The number of amides is 1. The molecule has 1 saturated carbocycles. The van der Waals surface area contributed by atoms with Crippen LogP contribution in [0.15, 0.2) is 0 Å². The van der Waals surface area contributed by atoms with Gasteiger partial charge in [-0.15, -0.1) is 16.4 Å². The van der Waals surface area contributed by atoms with Gasteiger partial charge in [-0.1, -0.05) is 0 Å². The summed E-state index contributed by atoms with van der Waals surface area (Å²) in [7, 11) is 0. The fourth-order valence-corrected chi connectivity index (χ4v) is 3.40. The van der Waals surface area contributed by atoms with Crippen LogP contribution in [0.1, 0.15) is 40.7 Å². The van der Waals surface area contributed by atoms with Gasteiger partial charge in [0.2, 0.25) is 0 Å². The molecule has 106 valence electrons. The molecule has 3 N–H and O–H groups in total. The van der Waals surface area contributed by atoms with Crippen LogP contribution in [0.4, 0.5) is 5.69 Å². The first-order valence-corrected chi connectivity index (χ1v) is 7.63. The van der Waals surface area contributed by atoms with Gasteiger partial charge in [0.1, 0.15) is 9.71 Å². The number of nitrogen functional groups attached to an aromatic ring is 1. The van der Waals surface area contributed by atoms with Crippen molar-refractivity contribution < 1.29 is 4.79 Å². The normalized spacial score (nSPS) is 16.4. The minimum atomic E-state index is -0.0954. The third kappa shape index (κ3) is 2.14. The van der Waals surface area contributed by atoms with Crippen LogP contribution >= 0.6 is 11.3 Å². The van der Waals surface area contributed by atoms with Crippen LogP contribution in [0.5, 0.6) is 0 Å². The van der Waals surface area contributed by atoms with Gasteiger partial charge in [0.15, 0.2) is 0 Å². The minimum absolute atomic E-state index is 0.0954. The second-order valence-electron chi connectivity index (χ2n) is 5.53. The largest absolute Gasteiger partial charge is 0.397 e. The van der Waals surface area contributed by atoms with E-state index in [1.165, 1.54) is 24.2 Å². The van der Waals surface area contributed by atoms with E-state index >= 15 is 0 Å². The van der Waals surface area contributed by atoms with E-state index < -0.39 is 0 Å². The average molecular weight is 290 g/mol. The Kier molecular flexibility index (Phi) is 3.12. The van der Waals surface area contributed by atoms with Crippen molar-refractivity contribution in [3.05, 3.63) is 16.1 Å². The van der Waals surface area contributed by atoms with Crippen LogP contribution in [0.3, 0.4) is 0 Å². The summed E-state index contributed by atoms with van der Waals surface area (Å²) in [4.78, 5) is 13.6. The van der Waals surface area contributed by atoms with Crippen LogP contribution in [-0.2, 0) is 0 Å². The average Bonchev–Trinajstić information content (AvgIpc) is 3.19. The molecule has 1 aliphatic carbocycles. The number of fused-ring (bicyclic) bond motifs is 1. The van der Waals surface area contributed by atoms with Gasteiger partial charge < -0.3 is 11.1 Å². The summed E-state index contributed by atoms with van der Waals surface area (Å²) in [5.41, 5.74) is 8.53. The Morgan fingerprint density at radius 2 is 2.10 bits per heavy atom. The van der Waals surface area contributed by atoms with E-state index in [-0.39, 0.29) is 11.9 Å². The highest BCUT2D eigenvalue weighted by Gasteiger charge is 2.30. The van der Waals surface area contributed by atoms with Gasteiger partial charge in [-0.25, -0.2) is 0 Å². The molecule has 0 bridgehead atoms. The first-order valence-electron chi connectivity index (χ1n) is 6.81. The fourth-order valence-electron chi connectivity index (χ4n) is 2.40. The summed E-state index contributed by atoms with van der Waals surface area (Å²) in [6, 6.07) is 0.209. The lowest BCUT2D eigenvalue weighted by molar-refractivity contribution is 0.0941. The lowest BCUT2D eigenvalue weighted by Crippen LogP contribution is -2.33. The van der Waals surface area contributed by atoms with Crippen LogP contribution < -0.4 is 11.1 Å². The van der Waals surface area contributed by atoms with Crippen LogP contribution in [0.2, 0.25) is 0 Å². The SMILES string of the molecule is Cc1nnc2sc(C(=O)NC(C)C3CC3)c(N)c2c1C. The second-order valence-corrected chi connectivity index (χ2v) is 6.53. The third-order valence-electron chi connectivity index (χ3n) is 4.03. The molecule has 1 aliphatic rings. The van der Waals surface area contributed by atoms with Gasteiger partial charge >= 0.3 is 0 Å². The molecule has 3 rings (SSSR count). The monoisotopic (exact) mass is 290 g/mol. The number of aryl methyl sites for hydroxylation is 2. The molecule has 2 aromatic rings. The molecular weight excluding hydrogens is 272 g/mol. The molecule has 1 atom stereocenters. The number of carbonyl (C=O) groups is 1. The summed E-state index contributed by atoms with van der Waals surface area (Å²) < 4.78 is 0. The standard InChI is InChI=1S/C14H18N4OS/c1-6-7(2)17-18-14-10(6)11(15)12(20-14)13(19)16-8(3)9-4-5-9/h8-9H,4-5,15H2,1-3H3,(H,16,19). The molecular formula is C14H18N4OS. The van der Waals surface area contributed by atoms with Crippen molar-refractivity contribution in [2.45, 2.75) is 39.7 Å². The smallest absolute Gasteiger partial charge is 0.263 e. The highest BCUT2D eigenvalue weighted by Crippen LogP contribution is 2.36. The lowest BCUT2D eigenvalue weighted by Gasteiger charge is -2.11. The van der Waals surface area contributed by atoms with E-state index in [0.29, 0.717) is 16.5 Å². The van der Waals surface area contributed by atoms with Gasteiger partial charge in [-0.05, 0) is 45.1 Å². The zero-order chi connectivity index (χ0) is 14.4. The van der Waals surface area contributed by atoms with E-state index in [2.05, 4.69) is 15.5 Å². The number of carbonyl (C=O) groups excluding carboxylic acids is 1. The number of aromatic nitrogens is 2. The quantitative estimate of drug-likeness (QED) is 0.909. The number of nitrogens with two attached hydrogens (primary N) is 1. The van der Waals surface area contributed by atoms with Crippen LogP contribution in [0, 0.1) is 19.8 Å². The summed E-state index contributed by atoms with van der Waals surface area (Å²) in [5.74, 6) is 0.528. The van der Waals surface area contributed by atoms with Crippen LogP contribution in [-0.4, -0.2) is 22.1 Å². The van der Waals surface area contributed by atoms with Gasteiger partial charge in [-0.3, -0.25) is 4.79 Å². The van der Waals surface area contributed by atoms with Gasteiger partial charge in [0, 0.05) is 11.4 Å². The number of rotatable bonds is 3. The minimum Gasteiger partial charge on any atom is -0.397 e. The number of hydrogen-bond acceptors (Lipinski definition) is 5. The predicted molar refractivity (Wildman–Crippen MR) is 81.0 cm³/mol. The van der Waals surface area contributed by atoms with E-state index in [0.717, 1.165) is 21.5 Å². The number of nitrogens with one attached hydrogen (secondary N) is 1. The molecule has 2 heterocycles. The number of nitrogens with zero attached hydrogens (tertiary/aromatic N) is 2. The van der Waals surface area contributed by atoms with Gasteiger partial charge in [0.05, 0.1) is 11.4 Å². The highest BCUT2D eigenvalue weighted by molar-refractivity contribution is 7.21. The molecule has 0 saturated heterocycles. The maximum absolute atomic E-state index is 12.3. The lowest BCUT2D eigenvalue weighted by atomic mass is 10.1. The third-order valence-corrected chi connectivity index (χ3v) is 5.12. The van der Waals surface area contributed by atoms with Crippen molar-refractivity contribution in [3.8, 4) is 0 Å². The highest BCUT2D eigenvalue weighted by atomic mass is 32.1. The molecule has 5 nitrogen and oxygen atoms in total. The summed E-state index contributed by atoms with van der Waals surface area (Å²) in [6.45, 7) is 5.91. The van der Waals surface area contributed by atoms with Gasteiger partial charge in [-0.2, -0.15) is 5.10 Å². The molecule has 1 fully saturated rings. The molecule has 0 spiro atoms.